The summed E-state index contributed by atoms with van der Waals surface area (Å²) in [4.78, 5) is 32.6. The van der Waals surface area contributed by atoms with Gasteiger partial charge in [0.25, 0.3) is 11.5 Å². The van der Waals surface area contributed by atoms with Crippen molar-refractivity contribution in [3.8, 4) is 5.95 Å². The normalized spacial score (nSPS) is 13.9. The molecule has 0 fully saturated rings. The van der Waals surface area contributed by atoms with Crippen LogP contribution < -0.4 is 10.9 Å². The molecule has 1 aliphatic carbocycles. The SMILES string of the molecule is Cc1cc(C(=O)Nc2cc(C(C)(C)C)nn2-c2nc3c(c(=O)[nH]2)CCCC3)no1. The van der Waals surface area contributed by atoms with E-state index in [1.807, 2.05) is 20.8 Å². The molecule has 0 unspecified atom stereocenters. The van der Waals surface area contributed by atoms with Crippen LogP contribution in [-0.2, 0) is 18.3 Å². The number of nitrogens with zero attached hydrogens (tertiary/aromatic N) is 4. The summed E-state index contributed by atoms with van der Waals surface area (Å²) in [7, 11) is 0. The molecule has 0 saturated heterocycles. The quantitative estimate of drug-likeness (QED) is 0.703. The number of carbonyl (C=O) groups excluding carboxylic acids is 1. The maximum absolute atomic E-state index is 12.6. The van der Waals surface area contributed by atoms with Crippen LogP contribution in [0.4, 0.5) is 5.82 Å². The van der Waals surface area contributed by atoms with Crippen molar-refractivity contribution in [3.05, 3.63) is 50.9 Å². The highest BCUT2D eigenvalue weighted by Crippen LogP contribution is 2.26. The first-order chi connectivity index (χ1) is 13.7. The molecule has 0 bridgehead atoms. The molecule has 9 heteroatoms. The number of amides is 1. The van der Waals surface area contributed by atoms with Crippen molar-refractivity contribution in [3.63, 3.8) is 0 Å². The summed E-state index contributed by atoms with van der Waals surface area (Å²) in [5, 5.41) is 11.2. The van der Waals surface area contributed by atoms with Gasteiger partial charge >= 0.3 is 0 Å². The van der Waals surface area contributed by atoms with E-state index in [0.717, 1.165) is 42.6 Å². The van der Waals surface area contributed by atoms with E-state index in [-0.39, 0.29) is 22.6 Å². The molecule has 1 amide bonds. The number of rotatable bonds is 3. The minimum absolute atomic E-state index is 0.151. The van der Waals surface area contributed by atoms with Gasteiger partial charge in [-0.3, -0.25) is 14.6 Å². The van der Waals surface area contributed by atoms with Gasteiger partial charge in [-0.1, -0.05) is 25.9 Å². The average molecular weight is 396 g/mol. The number of H-pyrrole nitrogens is 1. The smallest absolute Gasteiger partial charge is 0.279 e. The molecule has 1 aliphatic rings. The number of aromatic amines is 1. The van der Waals surface area contributed by atoms with E-state index >= 15 is 0 Å². The van der Waals surface area contributed by atoms with E-state index in [1.165, 1.54) is 4.68 Å². The van der Waals surface area contributed by atoms with Gasteiger partial charge in [-0.15, -0.1) is 0 Å². The molecule has 0 atom stereocenters. The van der Waals surface area contributed by atoms with Crippen LogP contribution in [0, 0.1) is 6.92 Å². The summed E-state index contributed by atoms with van der Waals surface area (Å²) in [5.41, 5.74) is 2.05. The van der Waals surface area contributed by atoms with Gasteiger partial charge in [-0.2, -0.15) is 9.78 Å². The molecule has 152 valence electrons. The van der Waals surface area contributed by atoms with E-state index in [4.69, 9.17) is 4.52 Å². The second kappa shape index (κ2) is 6.98. The molecule has 3 heterocycles. The maximum atomic E-state index is 12.6. The van der Waals surface area contributed by atoms with Crippen LogP contribution in [0.1, 0.15) is 66.8 Å². The van der Waals surface area contributed by atoms with E-state index < -0.39 is 5.91 Å². The average Bonchev–Trinajstić information content (AvgIpc) is 3.28. The van der Waals surface area contributed by atoms with Gasteiger partial charge in [-0.05, 0) is 32.6 Å². The largest absolute Gasteiger partial charge is 0.361 e. The minimum atomic E-state index is -0.427. The molecule has 2 N–H and O–H groups in total. The molecule has 3 aromatic rings. The summed E-state index contributed by atoms with van der Waals surface area (Å²) >= 11 is 0. The molecule has 0 spiro atoms. The zero-order valence-electron chi connectivity index (χ0n) is 17.0. The van der Waals surface area contributed by atoms with Crippen molar-refractivity contribution in [2.45, 2.75) is 58.8 Å². The Bertz CT molecular complexity index is 1130. The third kappa shape index (κ3) is 3.72. The topological polar surface area (TPSA) is 119 Å². The van der Waals surface area contributed by atoms with E-state index in [9.17, 15) is 9.59 Å². The number of aryl methyl sites for hydroxylation is 2. The number of nitrogens with one attached hydrogen (secondary N) is 2. The number of aromatic nitrogens is 5. The van der Waals surface area contributed by atoms with Gasteiger partial charge < -0.3 is 9.84 Å². The minimum Gasteiger partial charge on any atom is -0.361 e. The first-order valence-corrected chi connectivity index (χ1v) is 9.70. The summed E-state index contributed by atoms with van der Waals surface area (Å²) in [6.45, 7) is 7.79. The lowest BCUT2D eigenvalue weighted by atomic mass is 9.92. The van der Waals surface area contributed by atoms with E-state index in [1.54, 1.807) is 19.1 Å². The Labute approximate surface area is 167 Å². The van der Waals surface area contributed by atoms with Crippen molar-refractivity contribution >= 4 is 11.7 Å². The number of carbonyl (C=O) groups is 1. The third-order valence-electron chi connectivity index (χ3n) is 4.96. The zero-order valence-corrected chi connectivity index (χ0v) is 17.0. The fourth-order valence-electron chi connectivity index (χ4n) is 3.34. The Morgan fingerprint density at radius 3 is 2.69 bits per heavy atom. The standard InChI is InChI=1S/C20H24N6O3/c1-11-9-14(25-29-11)18(28)22-16-10-15(20(2,3)4)24-26(16)19-21-13-8-6-5-7-12(13)17(27)23-19/h9-10H,5-8H2,1-4H3,(H,22,28)(H,21,23,27). The maximum Gasteiger partial charge on any atom is 0.279 e. The molecule has 4 rings (SSSR count). The van der Waals surface area contributed by atoms with Crippen LogP contribution in [-0.4, -0.2) is 30.8 Å². The highest BCUT2D eigenvalue weighted by Gasteiger charge is 2.24. The molecule has 29 heavy (non-hydrogen) atoms. The van der Waals surface area contributed by atoms with Crippen molar-refractivity contribution in [1.29, 1.82) is 0 Å². The first kappa shape index (κ1) is 19.1. The molecule has 0 aromatic carbocycles. The van der Waals surface area contributed by atoms with Crippen LogP contribution in [0.25, 0.3) is 5.95 Å². The monoisotopic (exact) mass is 396 g/mol. The Kier molecular flexibility index (Phi) is 4.60. The summed E-state index contributed by atoms with van der Waals surface area (Å²) < 4.78 is 6.46. The van der Waals surface area contributed by atoms with Crippen molar-refractivity contribution in [1.82, 2.24) is 24.9 Å². The molecule has 0 saturated carbocycles. The third-order valence-corrected chi connectivity index (χ3v) is 4.96. The second-order valence-electron chi connectivity index (χ2n) is 8.38. The molecular weight excluding hydrogens is 372 g/mol. The molecule has 0 radical (unpaired) electrons. The van der Waals surface area contributed by atoms with E-state index in [0.29, 0.717) is 11.6 Å². The Morgan fingerprint density at radius 2 is 2.00 bits per heavy atom. The molecule has 0 aliphatic heterocycles. The molecule has 9 nitrogen and oxygen atoms in total. The van der Waals surface area contributed by atoms with E-state index in [2.05, 4.69) is 25.5 Å². The summed E-state index contributed by atoms with van der Waals surface area (Å²) in [5.74, 6) is 0.806. The second-order valence-corrected chi connectivity index (χ2v) is 8.38. The van der Waals surface area contributed by atoms with Crippen molar-refractivity contribution in [2.24, 2.45) is 0 Å². The number of anilines is 1. The van der Waals surface area contributed by atoms with Crippen LogP contribution in [0.15, 0.2) is 21.5 Å². The van der Waals surface area contributed by atoms with Crippen LogP contribution >= 0.6 is 0 Å². The van der Waals surface area contributed by atoms with Crippen LogP contribution in [0.5, 0.6) is 0 Å². The lowest BCUT2D eigenvalue weighted by Crippen LogP contribution is -2.25. The van der Waals surface area contributed by atoms with Crippen LogP contribution in [0.2, 0.25) is 0 Å². The lowest BCUT2D eigenvalue weighted by molar-refractivity contribution is 0.101. The zero-order chi connectivity index (χ0) is 20.8. The lowest BCUT2D eigenvalue weighted by Gasteiger charge is -2.16. The number of hydrogen-bond acceptors (Lipinski definition) is 6. The van der Waals surface area contributed by atoms with Gasteiger partial charge in [-0.25, -0.2) is 4.98 Å². The Hall–Kier alpha value is -3.23. The summed E-state index contributed by atoms with van der Waals surface area (Å²) in [6, 6.07) is 3.34. The fraction of sp³-hybridized carbons (Fsp3) is 0.450. The van der Waals surface area contributed by atoms with Crippen molar-refractivity contribution in [2.75, 3.05) is 5.32 Å². The van der Waals surface area contributed by atoms with Gasteiger partial charge in [0.1, 0.15) is 11.6 Å². The molecular formula is C20H24N6O3. The first-order valence-electron chi connectivity index (χ1n) is 9.70. The van der Waals surface area contributed by atoms with Gasteiger partial charge in [0.2, 0.25) is 5.95 Å². The predicted molar refractivity (Wildman–Crippen MR) is 107 cm³/mol. The predicted octanol–water partition coefficient (Wildman–Crippen LogP) is 2.68. The van der Waals surface area contributed by atoms with Gasteiger partial charge in [0.05, 0.1) is 11.4 Å². The highest BCUT2D eigenvalue weighted by molar-refractivity contribution is 6.02. The highest BCUT2D eigenvalue weighted by atomic mass is 16.5. The van der Waals surface area contributed by atoms with Crippen molar-refractivity contribution < 1.29 is 9.32 Å². The fourth-order valence-corrected chi connectivity index (χ4v) is 3.34. The summed E-state index contributed by atoms with van der Waals surface area (Å²) in [6.07, 6.45) is 3.49. The van der Waals surface area contributed by atoms with Gasteiger partial charge in [0.15, 0.2) is 5.69 Å². The Morgan fingerprint density at radius 1 is 1.24 bits per heavy atom. The number of fused-ring (bicyclic) bond motifs is 1. The van der Waals surface area contributed by atoms with Gasteiger partial charge in [0, 0.05) is 23.1 Å². The molecule has 3 aromatic heterocycles. The van der Waals surface area contributed by atoms with Crippen LogP contribution in [0.3, 0.4) is 0 Å². The number of hydrogen-bond donors (Lipinski definition) is 2. The Balaban J connectivity index is 1.78.